The summed E-state index contributed by atoms with van der Waals surface area (Å²) < 4.78 is 30.2. The number of aryl methyl sites for hydroxylation is 1. The van der Waals surface area contributed by atoms with Gasteiger partial charge in [-0.2, -0.15) is 9.78 Å². The number of aliphatic hydroxyl groups is 1. The van der Waals surface area contributed by atoms with Crippen LogP contribution in [0.15, 0.2) is 41.9 Å². The Morgan fingerprint density at radius 3 is 2.71 bits per heavy atom. The molecule has 2 heterocycles. The molecule has 0 atom stereocenters. The molecule has 1 saturated carbocycles. The summed E-state index contributed by atoms with van der Waals surface area (Å²) in [5, 5.41) is 14.1. The summed E-state index contributed by atoms with van der Waals surface area (Å²) in [7, 11) is -3.74. The van der Waals surface area contributed by atoms with Crippen molar-refractivity contribution in [1.82, 2.24) is 29.5 Å². The van der Waals surface area contributed by atoms with E-state index < -0.39 is 15.6 Å². The topological polar surface area (TPSA) is 149 Å². The molecule has 0 radical (unpaired) electrons. The van der Waals surface area contributed by atoms with Crippen molar-refractivity contribution in [3.8, 4) is 17.1 Å². The third-order valence-corrected chi connectivity index (χ3v) is 7.12. The number of nitrogens with two attached hydrogens (primary N) is 1. The Hall–Kier alpha value is -2.89. The Bertz CT molecular complexity index is 1180. The highest BCUT2D eigenvalue weighted by Gasteiger charge is 2.31. The lowest BCUT2D eigenvalue weighted by Crippen LogP contribution is -2.42. The molecule has 1 aliphatic carbocycles. The number of benzene rings is 1. The molecule has 31 heavy (non-hydrogen) atoms. The van der Waals surface area contributed by atoms with Gasteiger partial charge >= 0.3 is 0 Å². The minimum atomic E-state index is -3.74. The SMILES string of the molecule is Cc1ccc(S(=O)(=O)N[C@H]2CC[C@](C)(O)CC2)cc1-c1cnc(N)c(-n2cncn2)n1. The number of rotatable bonds is 5. The van der Waals surface area contributed by atoms with Crippen LogP contribution in [0.2, 0.25) is 0 Å². The molecule has 11 heteroatoms. The quantitative estimate of drug-likeness (QED) is 0.538. The summed E-state index contributed by atoms with van der Waals surface area (Å²) in [6, 6.07) is 4.69. The molecular formula is C20H25N7O3S. The Kier molecular flexibility index (Phi) is 5.50. The lowest BCUT2D eigenvalue weighted by atomic mass is 9.84. The normalized spacial score (nSPS) is 21.8. The maximum atomic E-state index is 13.0. The summed E-state index contributed by atoms with van der Waals surface area (Å²) in [5.74, 6) is 0.501. The molecule has 0 unspecified atom stereocenters. The lowest BCUT2D eigenvalue weighted by molar-refractivity contribution is 0.0163. The van der Waals surface area contributed by atoms with Gasteiger partial charge in [-0.1, -0.05) is 6.07 Å². The van der Waals surface area contributed by atoms with E-state index in [0.717, 1.165) is 5.56 Å². The molecule has 0 aliphatic heterocycles. The molecule has 164 valence electrons. The molecule has 0 bridgehead atoms. The van der Waals surface area contributed by atoms with E-state index in [1.54, 1.807) is 25.1 Å². The maximum absolute atomic E-state index is 13.0. The first kappa shape index (κ1) is 21.3. The zero-order valence-electron chi connectivity index (χ0n) is 17.4. The molecule has 1 fully saturated rings. The predicted octanol–water partition coefficient (Wildman–Crippen LogP) is 1.59. The highest BCUT2D eigenvalue weighted by molar-refractivity contribution is 7.89. The van der Waals surface area contributed by atoms with Crippen molar-refractivity contribution >= 4 is 15.8 Å². The van der Waals surface area contributed by atoms with Crippen LogP contribution in [0.25, 0.3) is 17.1 Å². The molecule has 0 amide bonds. The Morgan fingerprint density at radius 2 is 2.03 bits per heavy atom. The van der Waals surface area contributed by atoms with E-state index in [0.29, 0.717) is 42.8 Å². The van der Waals surface area contributed by atoms with Crippen LogP contribution in [-0.4, -0.2) is 49.9 Å². The summed E-state index contributed by atoms with van der Waals surface area (Å²) in [6.07, 6.45) is 6.64. The average molecular weight is 444 g/mol. The van der Waals surface area contributed by atoms with Crippen molar-refractivity contribution in [2.75, 3.05) is 5.73 Å². The van der Waals surface area contributed by atoms with E-state index in [2.05, 4.69) is 24.8 Å². The standard InChI is InChI=1S/C20H25N7O3S/c1-13-3-4-15(31(29,30)26-14-5-7-20(2,28)8-6-14)9-16(13)17-10-23-18(21)19(25-17)27-12-22-11-24-27/h3-4,9-12,14,26,28H,5-8H2,1-2H3,(H2,21,23)/t14-,20-. The van der Waals surface area contributed by atoms with E-state index in [4.69, 9.17) is 5.73 Å². The van der Waals surface area contributed by atoms with Gasteiger partial charge in [0.15, 0.2) is 11.6 Å². The highest BCUT2D eigenvalue weighted by atomic mass is 32.2. The number of nitrogen functional groups attached to an aromatic ring is 1. The van der Waals surface area contributed by atoms with Gasteiger partial charge in [-0.05, 0) is 57.2 Å². The summed E-state index contributed by atoms with van der Waals surface area (Å²) in [6.45, 7) is 3.65. The van der Waals surface area contributed by atoms with Crippen LogP contribution in [0, 0.1) is 6.92 Å². The van der Waals surface area contributed by atoms with Gasteiger partial charge in [-0.15, -0.1) is 0 Å². The fraction of sp³-hybridized carbons (Fsp3) is 0.400. The summed E-state index contributed by atoms with van der Waals surface area (Å²) in [5.41, 5.74) is 7.15. The maximum Gasteiger partial charge on any atom is 0.240 e. The number of anilines is 1. The van der Waals surface area contributed by atoms with E-state index >= 15 is 0 Å². The first-order chi connectivity index (χ1) is 14.6. The third-order valence-electron chi connectivity index (χ3n) is 5.60. The molecule has 10 nitrogen and oxygen atoms in total. The number of nitrogens with one attached hydrogen (secondary N) is 1. The van der Waals surface area contributed by atoms with E-state index in [-0.39, 0.29) is 16.8 Å². The van der Waals surface area contributed by atoms with Gasteiger partial charge in [0, 0.05) is 11.6 Å². The molecule has 1 aromatic carbocycles. The Labute approximate surface area is 180 Å². The molecule has 0 saturated heterocycles. The predicted molar refractivity (Wildman–Crippen MR) is 115 cm³/mol. The Balaban J connectivity index is 1.64. The number of aromatic nitrogens is 5. The smallest absolute Gasteiger partial charge is 0.240 e. The van der Waals surface area contributed by atoms with Crippen molar-refractivity contribution in [3.05, 3.63) is 42.6 Å². The number of nitrogens with zero attached hydrogens (tertiary/aromatic N) is 5. The summed E-state index contributed by atoms with van der Waals surface area (Å²) in [4.78, 5) is 12.8. The monoisotopic (exact) mass is 443 g/mol. The molecule has 4 N–H and O–H groups in total. The molecule has 1 aliphatic rings. The molecule has 0 spiro atoms. The minimum absolute atomic E-state index is 0.145. The number of hydrogen-bond donors (Lipinski definition) is 3. The zero-order chi connectivity index (χ0) is 22.2. The fourth-order valence-corrected chi connectivity index (χ4v) is 5.02. The summed E-state index contributed by atoms with van der Waals surface area (Å²) >= 11 is 0. The average Bonchev–Trinajstić information content (AvgIpc) is 3.25. The Morgan fingerprint density at radius 1 is 1.29 bits per heavy atom. The van der Waals surface area contributed by atoms with E-state index in [9.17, 15) is 13.5 Å². The zero-order valence-corrected chi connectivity index (χ0v) is 18.2. The van der Waals surface area contributed by atoms with Crippen molar-refractivity contribution in [1.29, 1.82) is 0 Å². The van der Waals surface area contributed by atoms with Crippen LogP contribution >= 0.6 is 0 Å². The molecular weight excluding hydrogens is 418 g/mol. The highest BCUT2D eigenvalue weighted by Crippen LogP contribution is 2.30. The van der Waals surface area contributed by atoms with Crippen LogP contribution in [0.1, 0.15) is 38.2 Å². The van der Waals surface area contributed by atoms with Crippen LogP contribution in [0.5, 0.6) is 0 Å². The van der Waals surface area contributed by atoms with E-state index in [1.807, 2.05) is 6.92 Å². The van der Waals surface area contributed by atoms with Gasteiger partial charge in [0.2, 0.25) is 10.0 Å². The van der Waals surface area contributed by atoms with Gasteiger partial charge in [-0.3, -0.25) is 0 Å². The van der Waals surface area contributed by atoms with Crippen molar-refractivity contribution in [2.45, 2.75) is 56.1 Å². The van der Waals surface area contributed by atoms with Crippen LogP contribution in [-0.2, 0) is 10.0 Å². The van der Waals surface area contributed by atoms with Gasteiger partial charge < -0.3 is 10.8 Å². The van der Waals surface area contributed by atoms with Gasteiger partial charge in [0.05, 0.1) is 22.4 Å². The van der Waals surface area contributed by atoms with Gasteiger partial charge in [0.1, 0.15) is 12.7 Å². The van der Waals surface area contributed by atoms with Crippen molar-refractivity contribution in [3.63, 3.8) is 0 Å². The largest absolute Gasteiger partial charge is 0.390 e. The van der Waals surface area contributed by atoms with Gasteiger partial charge in [-0.25, -0.2) is 28.1 Å². The number of hydrogen-bond acceptors (Lipinski definition) is 8. The third kappa shape index (κ3) is 4.58. The second-order valence-electron chi connectivity index (χ2n) is 8.17. The van der Waals surface area contributed by atoms with Crippen LogP contribution < -0.4 is 10.5 Å². The van der Waals surface area contributed by atoms with Crippen LogP contribution in [0.3, 0.4) is 0 Å². The first-order valence-electron chi connectivity index (χ1n) is 9.98. The molecule has 4 rings (SSSR count). The van der Waals surface area contributed by atoms with Crippen LogP contribution in [0.4, 0.5) is 5.82 Å². The molecule has 3 aromatic rings. The minimum Gasteiger partial charge on any atom is -0.390 e. The lowest BCUT2D eigenvalue weighted by Gasteiger charge is -2.33. The first-order valence-corrected chi connectivity index (χ1v) is 11.5. The fourth-order valence-electron chi connectivity index (χ4n) is 3.69. The number of sulfonamides is 1. The van der Waals surface area contributed by atoms with Crippen molar-refractivity contribution < 1.29 is 13.5 Å². The molecule has 2 aromatic heterocycles. The second kappa shape index (κ2) is 7.98. The van der Waals surface area contributed by atoms with Gasteiger partial charge in [0.25, 0.3) is 0 Å². The van der Waals surface area contributed by atoms with E-state index in [1.165, 1.54) is 23.5 Å². The van der Waals surface area contributed by atoms with Crippen molar-refractivity contribution in [2.24, 2.45) is 0 Å². The second-order valence-corrected chi connectivity index (χ2v) is 9.89.